The van der Waals surface area contributed by atoms with Crippen molar-refractivity contribution in [2.45, 2.75) is 38.8 Å². The predicted molar refractivity (Wildman–Crippen MR) is 61.7 cm³/mol. The molecule has 2 unspecified atom stereocenters. The molecule has 0 aromatic carbocycles. The normalized spacial score (nSPS) is 28.2. The number of hydrogen-bond donors (Lipinski definition) is 1. The number of anilines is 1. The monoisotopic (exact) mass is 208 g/mol. The summed E-state index contributed by atoms with van der Waals surface area (Å²) in [4.78, 5) is 6.66. The lowest BCUT2D eigenvalue weighted by Crippen LogP contribution is -2.38. The highest BCUT2D eigenvalue weighted by atomic mass is 15.2. The van der Waals surface area contributed by atoms with Crippen LogP contribution in [0.15, 0.2) is 6.20 Å². The van der Waals surface area contributed by atoms with Gasteiger partial charge >= 0.3 is 0 Å². The van der Waals surface area contributed by atoms with Crippen molar-refractivity contribution in [1.29, 1.82) is 0 Å². The molecular weight excluding hydrogens is 188 g/mol. The van der Waals surface area contributed by atoms with Crippen molar-refractivity contribution in [3.05, 3.63) is 11.9 Å². The van der Waals surface area contributed by atoms with E-state index in [2.05, 4.69) is 34.6 Å². The third-order valence-electron chi connectivity index (χ3n) is 3.46. The molecule has 1 aliphatic heterocycles. The minimum Gasteiger partial charge on any atom is -0.369 e. The molecule has 0 spiro atoms. The zero-order valence-corrected chi connectivity index (χ0v) is 9.77. The highest BCUT2D eigenvalue weighted by molar-refractivity contribution is 5.22. The highest BCUT2D eigenvalue weighted by Crippen LogP contribution is 2.28. The molecule has 1 saturated heterocycles. The van der Waals surface area contributed by atoms with Gasteiger partial charge in [-0.05, 0) is 33.7 Å². The molecule has 0 bridgehead atoms. The second-order valence-corrected chi connectivity index (χ2v) is 4.66. The first-order valence-corrected chi connectivity index (χ1v) is 5.59. The maximum atomic E-state index is 5.89. The Hall–Kier alpha value is -1.03. The summed E-state index contributed by atoms with van der Waals surface area (Å²) in [6.45, 7) is 5.40. The summed E-state index contributed by atoms with van der Waals surface area (Å²) in [5, 5.41) is 0. The first-order valence-electron chi connectivity index (χ1n) is 5.59. The number of hydrogen-bond acceptors (Lipinski definition) is 3. The van der Waals surface area contributed by atoms with Gasteiger partial charge in [0.15, 0.2) is 0 Å². The largest absolute Gasteiger partial charge is 0.369 e. The van der Waals surface area contributed by atoms with Crippen molar-refractivity contribution in [3.63, 3.8) is 0 Å². The number of nitrogen functional groups attached to an aromatic ring is 1. The van der Waals surface area contributed by atoms with Crippen molar-refractivity contribution in [1.82, 2.24) is 14.5 Å². The summed E-state index contributed by atoms with van der Waals surface area (Å²) in [5.74, 6) is 0.661. The number of piperidine rings is 1. The molecule has 1 aromatic heterocycles. The van der Waals surface area contributed by atoms with Crippen LogP contribution in [0.5, 0.6) is 0 Å². The number of imidazole rings is 1. The molecule has 2 N–H and O–H groups in total. The van der Waals surface area contributed by atoms with Crippen LogP contribution in [0.2, 0.25) is 0 Å². The van der Waals surface area contributed by atoms with E-state index in [0.29, 0.717) is 18.0 Å². The summed E-state index contributed by atoms with van der Waals surface area (Å²) < 4.78 is 2.14. The van der Waals surface area contributed by atoms with Crippen LogP contribution in [0, 0.1) is 6.92 Å². The molecule has 2 heterocycles. The third-order valence-corrected chi connectivity index (χ3v) is 3.46. The Morgan fingerprint density at radius 1 is 1.53 bits per heavy atom. The minimum atomic E-state index is 0.525. The van der Waals surface area contributed by atoms with E-state index in [1.807, 2.05) is 6.92 Å². The molecule has 84 valence electrons. The van der Waals surface area contributed by atoms with Crippen LogP contribution in [-0.4, -0.2) is 34.1 Å². The molecule has 1 aliphatic rings. The van der Waals surface area contributed by atoms with Crippen LogP contribution in [0.1, 0.15) is 31.5 Å². The molecule has 2 atom stereocenters. The van der Waals surface area contributed by atoms with Crippen LogP contribution in [0.4, 0.5) is 5.95 Å². The molecule has 0 saturated carbocycles. The van der Waals surface area contributed by atoms with Gasteiger partial charge in [-0.1, -0.05) is 0 Å². The first-order chi connectivity index (χ1) is 7.08. The van der Waals surface area contributed by atoms with E-state index in [1.54, 1.807) is 0 Å². The van der Waals surface area contributed by atoms with Gasteiger partial charge in [0.25, 0.3) is 0 Å². The molecule has 0 amide bonds. The second-order valence-electron chi connectivity index (χ2n) is 4.66. The molecule has 0 radical (unpaired) electrons. The first kappa shape index (κ1) is 10.5. The number of rotatable bonds is 1. The molecule has 4 nitrogen and oxygen atoms in total. The Balaban J connectivity index is 2.15. The number of aryl methyl sites for hydroxylation is 1. The Kier molecular flexibility index (Phi) is 2.69. The SMILES string of the molecule is Cc1cn(C2CCN(C)C(C)C2)c(N)n1. The van der Waals surface area contributed by atoms with Gasteiger partial charge in [0.1, 0.15) is 0 Å². The van der Waals surface area contributed by atoms with Gasteiger partial charge in [-0.25, -0.2) is 4.98 Å². The Morgan fingerprint density at radius 2 is 2.27 bits per heavy atom. The average molecular weight is 208 g/mol. The lowest BCUT2D eigenvalue weighted by Gasteiger charge is -2.35. The highest BCUT2D eigenvalue weighted by Gasteiger charge is 2.24. The molecular formula is C11H20N4. The van der Waals surface area contributed by atoms with E-state index in [0.717, 1.165) is 18.7 Å². The Morgan fingerprint density at radius 3 is 2.80 bits per heavy atom. The summed E-state index contributed by atoms with van der Waals surface area (Å²) in [5.41, 5.74) is 6.90. The van der Waals surface area contributed by atoms with Crippen LogP contribution >= 0.6 is 0 Å². The smallest absolute Gasteiger partial charge is 0.200 e. The minimum absolute atomic E-state index is 0.525. The summed E-state index contributed by atoms with van der Waals surface area (Å²) in [7, 11) is 2.18. The maximum absolute atomic E-state index is 5.89. The molecule has 4 heteroatoms. The van der Waals surface area contributed by atoms with Crippen LogP contribution in [0.3, 0.4) is 0 Å². The lowest BCUT2D eigenvalue weighted by molar-refractivity contribution is 0.158. The lowest BCUT2D eigenvalue weighted by atomic mass is 9.99. The Bertz CT molecular complexity index is 344. The third kappa shape index (κ3) is 2.00. The average Bonchev–Trinajstić information content (AvgIpc) is 2.50. The van der Waals surface area contributed by atoms with Gasteiger partial charge in [0.2, 0.25) is 5.95 Å². The van der Waals surface area contributed by atoms with Gasteiger partial charge in [-0.15, -0.1) is 0 Å². The van der Waals surface area contributed by atoms with Gasteiger partial charge < -0.3 is 15.2 Å². The fourth-order valence-corrected chi connectivity index (χ4v) is 2.34. The molecule has 15 heavy (non-hydrogen) atoms. The number of nitrogens with two attached hydrogens (primary N) is 1. The standard InChI is InChI=1S/C11H20N4/c1-8-7-15(11(12)13-8)10-4-5-14(3)9(2)6-10/h7,9-10H,4-6H2,1-3H3,(H2,12,13). The number of aromatic nitrogens is 2. The molecule has 0 aliphatic carbocycles. The fourth-order valence-electron chi connectivity index (χ4n) is 2.34. The van der Waals surface area contributed by atoms with Crippen molar-refractivity contribution in [3.8, 4) is 0 Å². The van der Waals surface area contributed by atoms with E-state index in [9.17, 15) is 0 Å². The summed E-state index contributed by atoms with van der Waals surface area (Å²) >= 11 is 0. The van der Waals surface area contributed by atoms with Crippen LogP contribution in [-0.2, 0) is 0 Å². The number of nitrogens with zero attached hydrogens (tertiary/aromatic N) is 3. The summed E-state index contributed by atoms with van der Waals surface area (Å²) in [6, 6.07) is 1.16. The Labute approximate surface area is 91.1 Å². The predicted octanol–water partition coefficient (Wildman–Crippen LogP) is 1.43. The van der Waals surface area contributed by atoms with E-state index in [1.165, 1.54) is 6.42 Å². The van der Waals surface area contributed by atoms with E-state index >= 15 is 0 Å². The summed E-state index contributed by atoms with van der Waals surface area (Å²) in [6.07, 6.45) is 4.40. The zero-order chi connectivity index (χ0) is 11.0. The van der Waals surface area contributed by atoms with Crippen molar-refractivity contribution in [2.75, 3.05) is 19.3 Å². The van der Waals surface area contributed by atoms with Gasteiger partial charge in [-0.2, -0.15) is 0 Å². The molecule has 1 fully saturated rings. The topological polar surface area (TPSA) is 47.1 Å². The van der Waals surface area contributed by atoms with Crippen LogP contribution < -0.4 is 5.73 Å². The molecule has 2 rings (SSSR count). The fraction of sp³-hybridized carbons (Fsp3) is 0.727. The number of likely N-dealkylation sites (tertiary alicyclic amines) is 1. The van der Waals surface area contributed by atoms with Crippen LogP contribution in [0.25, 0.3) is 0 Å². The second kappa shape index (κ2) is 3.85. The van der Waals surface area contributed by atoms with E-state index in [-0.39, 0.29) is 0 Å². The van der Waals surface area contributed by atoms with Crippen molar-refractivity contribution in [2.24, 2.45) is 0 Å². The molecule has 1 aromatic rings. The maximum Gasteiger partial charge on any atom is 0.200 e. The van der Waals surface area contributed by atoms with Crippen molar-refractivity contribution < 1.29 is 0 Å². The van der Waals surface area contributed by atoms with Gasteiger partial charge in [0, 0.05) is 24.8 Å². The quantitative estimate of drug-likeness (QED) is 0.759. The van der Waals surface area contributed by atoms with Gasteiger partial charge in [0.05, 0.1) is 5.69 Å². The zero-order valence-electron chi connectivity index (χ0n) is 9.77. The van der Waals surface area contributed by atoms with E-state index in [4.69, 9.17) is 5.73 Å². The van der Waals surface area contributed by atoms with Gasteiger partial charge in [-0.3, -0.25) is 0 Å². The van der Waals surface area contributed by atoms with Crippen molar-refractivity contribution >= 4 is 5.95 Å². The van der Waals surface area contributed by atoms with E-state index < -0.39 is 0 Å².